The third-order valence-electron chi connectivity index (χ3n) is 1.43. The van der Waals surface area contributed by atoms with Gasteiger partial charge in [-0.05, 0) is 63.1 Å². The molecule has 0 saturated heterocycles. The second-order valence-electron chi connectivity index (χ2n) is 2.24. The average molecular weight is 327 g/mol. The van der Waals surface area contributed by atoms with Crippen LogP contribution < -0.4 is 4.74 Å². The first-order chi connectivity index (χ1) is 5.15. The average Bonchev–Trinajstić information content (AvgIpc) is 1.97. The number of halogens is 2. The summed E-state index contributed by atoms with van der Waals surface area (Å²) in [6, 6.07) is 4.07. The lowest BCUT2D eigenvalue weighted by molar-refractivity contribution is 0.411. The third-order valence-corrected chi connectivity index (χ3v) is 3.21. The molecule has 0 radical (unpaired) electrons. The van der Waals surface area contributed by atoms with Crippen LogP contribution in [-0.2, 0) is 0 Å². The first-order valence-electron chi connectivity index (χ1n) is 3.15. The van der Waals surface area contributed by atoms with Crippen molar-refractivity contribution < 1.29 is 4.74 Å². The second-order valence-corrected chi connectivity index (χ2v) is 4.25. The number of methoxy groups -OCH3 is 1. The number of rotatable bonds is 1. The van der Waals surface area contributed by atoms with E-state index in [0.29, 0.717) is 0 Å². The van der Waals surface area contributed by atoms with E-state index in [2.05, 4.69) is 51.5 Å². The van der Waals surface area contributed by atoms with Crippen LogP contribution in [0.4, 0.5) is 0 Å². The van der Waals surface area contributed by atoms with Crippen molar-refractivity contribution in [1.29, 1.82) is 0 Å². The standard InChI is InChI=1S/C8H8BrIO/c1-5-3-6(9)8(11-2)4-7(5)10/h3-4H,1-2H3. The van der Waals surface area contributed by atoms with Gasteiger partial charge in [0.2, 0.25) is 0 Å². The minimum Gasteiger partial charge on any atom is -0.496 e. The van der Waals surface area contributed by atoms with Gasteiger partial charge < -0.3 is 4.74 Å². The maximum absolute atomic E-state index is 5.13. The number of aryl methyl sites for hydroxylation is 1. The molecular formula is C8H8BrIO. The van der Waals surface area contributed by atoms with Gasteiger partial charge in [0.25, 0.3) is 0 Å². The summed E-state index contributed by atoms with van der Waals surface area (Å²) in [5.41, 5.74) is 1.26. The Kier molecular flexibility index (Phi) is 3.18. The quantitative estimate of drug-likeness (QED) is 0.719. The summed E-state index contributed by atoms with van der Waals surface area (Å²) in [5, 5.41) is 0. The molecule has 0 saturated carbocycles. The smallest absolute Gasteiger partial charge is 0.134 e. The summed E-state index contributed by atoms with van der Waals surface area (Å²) >= 11 is 5.70. The van der Waals surface area contributed by atoms with Gasteiger partial charge in [-0.25, -0.2) is 0 Å². The molecule has 0 heterocycles. The van der Waals surface area contributed by atoms with Gasteiger partial charge in [-0.15, -0.1) is 0 Å². The maximum Gasteiger partial charge on any atom is 0.134 e. The van der Waals surface area contributed by atoms with Gasteiger partial charge in [0.15, 0.2) is 0 Å². The molecule has 0 aliphatic rings. The summed E-state index contributed by atoms with van der Waals surface area (Å²) in [7, 11) is 1.67. The molecule has 0 atom stereocenters. The molecule has 3 heteroatoms. The molecule has 11 heavy (non-hydrogen) atoms. The first kappa shape index (κ1) is 9.32. The molecule has 60 valence electrons. The first-order valence-corrected chi connectivity index (χ1v) is 5.02. The summed E-state index contributed by atoms with van der Waals surface area (Å²) in [6.45, 7) is 2.08. The summed E-state index contributed by atoms with van der Waals surface area (Å²) in [4.78, 5) is 0. The number of ether oxygens (including phenoxy) is 1. The van der Waals surface area contributed by atoms with E-state index in [4.69, 9.17) is 4.74 Å². The summed E-state index contributed by atoms with van der Waals surface area (Å²) < 4.78 is 7.37. The normalized spacial score (nSPS) is 9.82. The molecule has 0 aliphatic heterocycles. The van der Waals surface area contributed by atoms with Crippen molar-refractivity contribution in [2.24, 2.45) is 0 Å². The summed E-state index contributed by atoms with van der Waals surface area (Å²) in [5.74, 6) is 0.889. The van der Waals surface area contributed by atoms with E-state index >= 15 is 0 Å². The van der Waals surface area contributed by atoms with Crippen molar-refractivity contribution in [2.75, 3.05) is 7.11 Å². The molecule has 1 nitrogen and oxygen atoms in total. The van der Waals surface area contributed by atoms with E-state index < -0.39 is 0 Å². The molecule has 0 amide bonds. The van der Waals surface area contributed by atoms with E-state index in [1.807, 2.05) is 6.07 Å². The predicted octanol–water partition coefficient (Wildman–Crippen LogP) is 3.37. The maximum atomic E-state index is 5.13. The van der Waals surface area contributed by atoms with Crippen LogP contribution in [0.3, 0.4) is 0 Å². The van der Waals surface area contributed by atoms with Crippen LogP contribution in [0.2, 0.25) is 0 Å². The van der Waals surface area contributed by atoms with Crippen molar-refractivity contribution in [3.05, 3.63) is 25.7 Å². The largest absolute Gasteiger partial charge is 0.496 e. The highest BCUT2D eigenvalue weighted by Gasteiger charge is 2.02. The topological polar surface area (TPSA) is 9.23 Å². The van der Waals surface area contributed by atoms with Gasteiger partial charge in [-0.1, -0.05) is 0 Å². The lowest BCUT2D eigenvalue weighted by Gasteiger charge is -2.05. The van der Waals surface area contributed by atoms with Crippen LogP contribution in [0.15, 0.2) is 16.6 Å². The Balaban J connectivity index is 3.21. The van der Waals surface area contributed by atoms with Crippen molar-refractivity contribution in [1.82, 2.24) is 0 Å². The van der Waals surface area contributed by atoms with Crippen molar-refractivity contribution in [2.45, 2.75) is 6.92 Å². The van der Waals surface area contributed by atoms with E-state index in [0.717, 1.165) is 10.2 Å². The van der Waals surface area contributed by atoms with Crippen LogP contribution in [-0.4, -0.2) is 7.11 Å². The molecule has 0 aliphatic carbocycles. The Morgan fingerprint density at radius 2 is 2.09 bits per heavy atom. The van der Waals surface area contributed by atoms with Gasteiger partial charge >= 0.3 is 0 Å². The molecule has 1 aromatic carbocycles. The zero-order valence-electron chi connectivity index (χ0n) is 6.32. The fraction of sp³-hybridized carbons (Fsp3) is 0.250. The van der Waals surface area contributed by atoms with Crippen molar-refractivity contribution in [3.63, 3.8) is 0 Å². The second kappa shape index (κ2) is 3.76. The Morgan fingerprint density at radius 1 is 1.45 bits per heavy atom. The molecule has 0 unspecified atom stereocenters. The van der Waals surface area contributed by atoms with E-state index in [-0.39, 0.29) is 0 Å². The zero-order chi connectivity index (χ0) is 8.43. The Morgan fingerprint density at radius 3 is 2.64 bits per heavy atom. The van der Waals surface area contributed by atoms with Crippen molar-refractivity contribution >= 4 is 38.5 Å². The Hall–Kier alpha value is 0.230. The van der Waals surface area contributed by atoms with Gasteiger partial charge in [0, 0.05) is 3.57 Å². The summed E-state index contributed by atoms with van der Waals surface area (Å²) in [6.07, 6.45) is 0. The fourth-order valence-electron chi connectivity index (χ4n) is 0.784. The lowest BCUT2D eigenvalue weighted by atomic mass is 10.2. The minimum absolute atomic E-state index is 0.889. The van der Waals surface area contributed by atoms with E-state index in [1.165, 1.54) is 9.13 Å². The van der Waals surface area contributed by atoms with Crippen LogP contribution >= 0.6 is 38.5 Å². The van der Waals surface area contributed by atoms with Crippen LogP contribution in [0, 0.1) is 10.5 Å². The van der Waals surface area contributed by atoms with E-state index in [1.54, 1.807) is 7.11 Å². The zero-order valence-corrected chi connectivity index (χ0v) is 10.1. The predicted molar refractivity (Wildman–Crippen MR) is 58.1 cm³/mol. The van der Waals surface area contributed by atoms with Crippen molar-refractivity contribution in [3.8, 4) is 5.75 Å². The molecule has 1 rings (SSSR count). The van der Waals surface area contributed by atoms with Crippen LogP contribution in [0.5, 0.6) is 5.75 Å². The molecule has 0 aromatic heterocycles. The monoisotopic (exact) mass is 326 g/mol. The SMILES string of the molecule is COc1cc(I)c(C)cc1Br. The van der Waals surface area contributed by atoms with Gasteiger partial charge in [-0.2, -0.15) is 0 Å². The number of hydrogen-bond donors (Lipinski definition) is 0. The van der Waals surface area contributed by atoms with Crippen LogP contribution in [0.1, 0.15) is 5.56 Å². The van der Waals surface area contributed by atoms with Gasteiger partial charge in [0.1, 0.15) is 5.75 Å². The fourth-order valence-corrected chi connectivity index (χ4v) is 1.84. The Labute approximate surface area is 88.4 Å². The molecule has 0 bridgehead atoms. The molecule has 1 aromatic rings. The number of benzene rings is 1. The van der Waals surface area contributed by atoms with Gasteiger partial charge in [0.05, 0.1) is 11.6 Å². The van der Waals surface area contributed by atoms with Crippen LogP contribution in [0.25, 0.3) is 0 Å². The molecule has 0 fully saturated rings. The molecule has 0 spiro atoms. The van der Waals surface area contributed by atoms with E-state index in [9.17, 15) is 0 Å². The highest BCUT2D eigenvalue weighted by molar-refractivity contribution is 14.1. The lowest BCUT2D eigenvalue weighted by Crippen LogP contribution is -1.87. The Bertz CT molecular complexity index is 273. The molecular weight excluding hydrogens is 319 g/mol. The highest BCUT2D eigenvalue weighted by Crippen LogP contribution is 2.28. The molecule has 0 N–H and O–H groups in total. The third kappa shape index (κ3) is 2.08. The minimum atomic E-state index is 0.889. The number of hydrogen-bond acceptors (Lipinski definition) is 1. The highest BCUT2D eigenvalue weighted by atomic mass is 127. The van der Waals surface area contributed by atoms with Gasteiger partial charge in [-0.3, -0.25) is 0 Å².